The van der Waals surface area contributed by atoms with Gasteiger partial charge in [-0.15, -0.1) is 11.3 Å². The SMILES string of the molecule is CC1CCc2c(sc(N=Cc3cc(Br)cc(Br)c3O)c2C#N)C1. The molecule has 1 aliphatic carbocycles. The van der Waals surface area contributed by atoms with Gasteiger partial charge in [0.25, 0.3) is 0 Å². The van der Waals surface area contributed by atoms with Crippen molar-refractivity contribution in [2.75, 3.05) is 0 Å². The second-order valence-corrected chi connectivity index (χ2v) is 8.58. The first-order valence-electron chi connectivity index (χ1n) is 7.26. The fraction of sp³-hybridized carbons (Fsp3) is 0.294. The molecule has 6 heteroatoms. The summed E-state index contributed by atoms with van der Waals surface area (Å²) >= 11 is 8.31. The number of benzene rings is 1. The number of phenols is 1. The Morgan fingerprint density at radius 2 is 2.22 bits per heavy atom. The van der Waals surface area contributed by atoms with E-state index in [1.165, 1.54) is 10.4 Å². The maximum absolute atomic E-state index is 10.1. The summed E-state index contributed by atoms with van der Waals surface area (Å²) < 4.78 is 1.46. The highest BCUT2D eigenvalue weighted by atomic mass is 79.9. The van der Waals surface area contributed by atoms with Crippen LogP contribution in [0, 0.1) is 17.2 Å². The van der Waals surface area contributed by atoms with Crippen LogP contribution in [-0.2, 0) is 12.8 Å². The lowest BCUT2D eigenvalue weighted by atomic mass is 9.89. The van der Waals surface area contributed by atoms with Gasteiger partial charge < -0.3 is 5.11 Å². The Balaban J connectivity index is 2.00. The van der Waals surface area contributed by atoms with E-state index in [4.69, 9.17) is 0 Å². The maximum atomic E-state index is 10.1. The number of hydrogen-bond acceptors (Lipinski definition) is 4. The summed E-state index contributed by atoms with van der Waals surface area (Å²) in [6.07, 6.45) is 4.73. The van der Waals surface area contributed by atoms with Crippen LogP contribution >= 0.6 is 43.2 Å². The average molecular weight is 454 g/mol. The van der Waals surface area contributed by atoms with Crippen LogP contribution < -0.4 is 0 Å². The third-order valence-corrected chi connectivity index (χ3v) is 6.21. The second kappa shape index (κ2) is 6.76. The molecule has 1 aromatic heterocycles. The highest BCUT2D eigenvalue weighted by molar-refractivity contribution is 9.11. The molecule has 0 bridgehead atoms. The van der Waals surface area contributed by atoms with Crippen LogP contribution in [0.5, 0.6) is 5.75 Å². The zero-order valence-electron chi connectivity index (χ0n) is 12.4. The van der Waals surface area contributed by atoms with Crippen molar-refractivity contribution < 1.29 is 5.11 Å². The van der Waals surface area contributed by atoms with Crippen molar-refractivity contribution in [3.8, 4) is 11.8 Å². The van der Waals surface area contributed by atoms with Crippen LogP contribution in [0.2, 0.25) is 0 Å². The lowest BCUT2D eigenvalue weighted by Gasteiger charge is -2.17. The molecule has 1 atom stereocenters. The summed E-state index contributed by atoms with van der Waals surface area (Å²) in [6, 6.07) is 5.88. The predicted molar refractivity (Wildman–Crippen MR) is 101 cm³/mol. The van der Waals surface area contributed by atoms with Crippen molar-refractivity contribution >= 4 is 54.4 Å². The molecule has 118 valence electrons. The number of nitrogens with zero attached hydrogens (tertiary/aromatic N) is 2. The molecule has 2 aromatic rings. The zero-order chi connectivity index (χ0) is 16.6. The number of hydrogen-bond donors (Lipinski definition) is 1. The molecule has 3 nitrogen and oxygen atoms in total. The Kier molecular flexibility index (Phi) is 4.90. The Hall–Kier alpha value is -1.16. The quantitative estimate of drug-likeness (QED) is 0.590. The Labute approximate surface area is 155 Å². The molecule has 3 rings (SSSR count). The summed E-state index contributed by atoms with van der Waals surface area (Å²) in [7, 11) is 0. The number of halogens is 2. The Morgan fingerprint density at radius 1 is 1.43 bits per heavy atom. The summed E-state index contributed by atoms with van der Waals surface area (Å²) in [5.74, 6) is 0.806. The van der Waals surface area contributed by atoms with Gasteiger partial charge in [0.1, 0.15) is 16.8 Å². The summed E-state index contributed by atoms with van der Waals surface area (Å²) in [5, 5.41) is 20.3. The fourth-order valence-corrected chi connectivity index (χ4v) is 5.32. The summed E-state index contributed by atoms with van der Waals surface area (Å²) in [6.45, 7) is 2.24. The molecule has 1 aromatic carbocycles. The summed E-state index contributed by atoms with van der Waals surface area (Å²) in [4.78, 5) is 5.77. The molecule has 1 N–H and O–H groups in total. The average Bonchev–Trinajstić information content (AvgIpc) is 2.85. The first-order valence-corrected chi connectivity index (χ1v) is 9.66. The van der Waals surface area contributed by atoms with Crippen molar-refractivity contribution in [3.63, 3.8) is 0 Å². The van der Waals surface area contributed by atoms with E-state index in [2.05, 4.69) is 49.8 Å². The molecular weight excluding hydrogens is 440 g/mol. The van der Waals surface area contributed by atoms with Crippen LogP contribution in [0.4, 0.5) is 5.00 Å². The van der Waals surface area contributed by atoms with Gasteiger partial charge in [-0.1, -0.05) is 22.9 Å². The molecular formula is C17H14Br2N2OS. The zero-order valence-corrected chi connectivity index (χ0v) is 16.4. The van der Waals surface area contributed by atoms with Crippen LogP contribution in [-0.4, -0.2) is 11.3 Å². The topological polar surface area (TPSA) is 56.4 Å². The molecule has 1 aliphatic rings. The van der Waals surface area contributed by atoms with Gasteiger partial charge in [0.2, 0.25) is 0 Å². The lowest BCUT2D eigenvalue weighted by Crippen LogP contribution is -2.09. The second-order valence-electron chi connectivity index (χ2n) is 5.73. The van der Waals surface area contributed by atoms with Gasteiger partial charge >= 0.3 is 0 Å². The highest BCUT2D eigenvalue weighted by Gasteiger charge is 2.23. The van der Waals surface area contributed by atoms with Gasteiger partial charge in [-0.25, -0.2) is 4.99 Å². The molecule has 23 heavy (non-hydrogen) atoms. The van der Waals surface area contributed by atoms with Crippen LogP contribution in [0.1, 0.15) is 34.9 Å². The van der Waals surface area contributed by atoms with Gasteiger partial charge in [0.05, 0.1) is 10.0 Å². The van der Waals surface area contributed by atoms with E-state index < -0.39 is 0 Å². The predicted octanol–water partition coefficient (Wildman–Crippen LogP) is 5.73. The minimum atomic E-state index is 0.144. The number of rotatable bonds is 2. The van der Waals surface area contributed by atoms with Gasteiger partial charge in [0, 0.05) is 21.1 Å². The van der Waals surface area contributed by atoms with Gasteiger partial charge in [-0.05, 0) is 58.8 Å². The van der Waals surface area contributed by atoms with E-state index in [1.54, 1.807) is 29.7 Å². The number of aliphatic imine (C=N–C) groups is 1. The fourth-order valence-electron chi connectivity index (χ4n) is 2.76. The van der Waals surface area contributed by atoms with E-state index in [9.17, 15) is 10.4 Å². The number of fused-ring (bicyclic) bond motifs is 1. The number of thiophene rings is 1. The van der Waals surface area contributed by atoms with Gasteiger partial charge in [-0.3, -0.25) is 0 Å². The normalized spacial score (nSPS) is 17.2. The van der Waals surface area contributed by atoms with E-state index in [1.807, 2.05) is 0 Å². The first-order chi connectivity index (χ1) is 11.0. The van der Waals surface area contributed by atoms with Crippen molar-refractivity contribution in [2.45, 2.75) is 26.2 Å². The molecule has 1 heterocycles. The monoisotopic (exact) mass is 452 g/mol. The smallest absolute Gasteiger partial charge is 0.138 e. The Bertz CT molecular complexity index is 836. The van der Waals surface area contributed by atoms with E-state index in [0.717, 1.165) is 28.7 Å². The first kappa shape index (κ1) is 16.7. The summed E-state index contributed by atoms with van der Waals surface area (Å²) in [5.41, 5.74) is 2.47. The number of aromatic hydroxyl groups is 1. The van der Waals surface area contributed by atoms with Crippen LogP contribution in [0.25, 0.3) is 0 Å². The minimum Gasteiger partial charge on any atom is -0.506 e. The maximum Gasteiger partial charge on any atom is 0.138 e. The number of phenolic OH excluding ortho intramolecular Hbond substituents is 1. The van der Waals surface area contributed by atoms with Crippen molar-refractivity contribution in [1.82, 2.24) is 0 Å². The molecule has 0 saturated heterocycles. The minimum absolute atomic E-state index is 0.144. The van der Waals surface area contributed by atoms with Crippen molar-refractivity contribution in [3.05, 3.63) is 42.6 Å². The molecule has 0 radical (unpaired) electrons. The molecule has 0 fully saturated rings. The van der Waals surface area contributed by atoms with Gasteiger partial charge in [0.15, 0.2) is 0 Å². The number of nitriles is 1. The lowest BCUT2D eigenvalue weighted by molar-refractivity contribution is 0.471. The van der Waals surface area contributed by atoms with Gasteiger partial charge in [-0.2, -0.15) is 5.26 Å². The molecule has 0 aliphatic heterocycles. The standard InChI is InChI=1S/C17H14Br2N2OS/c1-9-2-3-12-13(7-20)17(23-15(12)4-9)21-8-10-5-11(18)6-14(19)16(10)22/h5-6,8-9,22H,2-4H2,1H3. The van der Waals surface area contributed by atoms with Crippen LogP contribution in [0.3, 0.4) is 0 Å². The molecule has 0 spiro atoms. The molecule has 0 amide bonds. The van der Waals surface area contributed by atoms with E-state index in [0.29, 0.717) is 21.5 Å². The van der Waals surface area contributed by atoms with Crippen molar-refractivity contribution in [1.29, 1.82) is 5.26 Å². The van der Waals surface area contributed by atoms with E-state index in [-0.39, 0.29) is 5.75 Å². The largest absolute Gasteiger partial charge is 0.506 e. The van der Waals surface area contributed by atoms with E-state index >= 15 is 0 Å². The molecule has 1 unspecified atom stereocenters. The molecule has 0 saturated carbocycles. The Morgan fingerprint density at radius 3 is 2.96 bits per heavy atom. The highest BCUT2D eigenvalue weighted by Crippen LogP contribution is 2.41. The third kappa shape index (κ3) is 3.37. The van der Waals surface area contributed by atoms with Crippen molar-refractivity contribution in [2.24, 2.45) is 10.9 Å². The van der Waals surface area contributed by atoms with Crippen LogP contribution in [0.15, 0.2) is 26.1 Å². The third-order valence-electron chi connectivity index (χ3n) is 3.98.